The van der Waals surface area contributed by atoms with Crippen LogP contribution in [-0.4, -0.2) is 44.1 Å². The Bertz CT molecular complexity index is 384. The molecule has 0 amide bonds. The molecular formula is C14H20ClNO2. The Morgan fingerprint density at radius 2 is 1.94 bits per heavy atom. The fourth-order valence-corrected chi connectivity index (χ4v) is 2.23. The quantitative estimate of drug-likeness (QED) is 0.767. The molecule has 3 nitrogen and oxygen atoms in total. The predicted octanol–water partition coefficient (Wildman–Crippen LogP) is 2.56. The lowest BCUT2D eigenvalue weighted by Crippen LogP contribution is -2.23. The maximum Gasteiger partial charge on any atom is 0.161 e. The number of hydrogen-bond donors (Lipinski definition) is 0. The van der Waals surface area contributed by atoms with E-state index in [2.05, 4.69) is 24.1 Å². The molecule has 0 aromatic heterocycles. The summed E-state index contributed by atoms with van der Waals surface area (Å²) in [6, 6.07) is 6.22. The smallest absolute Gasteiger partial charge is 0.161 e. The molecule has 18 heavy (non-hydrogen) atoms. The lowest BCUT2D eigenvalue weighted by molar-refractivity contribution is 0.297. The normalized spacial score (nSPS) is 14.6. The number of hydrogen-bond acceptors (Lipinski definition) is 3. The number of nitrogens with zero attached hydrogens (tertiary/aromatic N) is 1. The van der Waals surface area contributed by atoms with Crippen LogP contribution in [0.15, 0.2) is 18.2 Å². The molecular weight excluding hydrogens is 250 g/mol. The fourth-order valence-electron chi connectivity index (χ4n) is 1.94. The standard InChI is InChI=1S/C14H20ClNO2/c1-16(8-6-15)7-5-12-3-4-13-14(11-12)18-10-2-9-17-13/h3-4,11H,2,5-10H2,1H3. The van der Waals surface area contributed by atoms with Crippen molar-refractivity contribution >= 4 is 11.6 Å². The van der Waals surface area contributed by atoms with Crippen molar-refractivity contribution in [2.45, 2.75) is 12.8 Å². The Balaban J connectivity index is 1.95. The molecule has 1 heterocycles. The average molecular weight is 270 g/mol. The molecule has 0 saturated carbocycles. The van der Waals surface area contributed by atoms with Crippen LogP contribution in [0.2, 0.25) is 0 Å². The molecule has 0 spiro atoms. The molecule has 4 heteroatoms. The summed E-state index contributed by atoms with van der Waals surface area (Å²) in [6.07, 6.45) is 1.95. The highest BCUT2D eigenvalue weighted by molar-refractivity contribution is 6.18. The van der Waals surface area contributed by atoms with E-state index < -0.39 is 0 Å². The van der Waals surface area contributed by atoms with Crippen molar-refractivity contribution in [1.82, 2.24) is 4.90 Å². The minimum Gasteiger partial charge on any atom is -0.490 e. The molecule has 100 valence electrons. The van der Waals surface area contributed by atoms with Crippen molar-refractivity contribution in [3.63, 3.8) is 0 Å². The van der Waals surface area contributed by atoms with Crippen LogP contribution >= 0.6 is 11.6 Å². The van der Waals surface area contributed by atoms with Crippen LogP contribution in [0.1, 0.15) is 12.0 Å². The van der Waals surface area contributed by atoms with Gasteiger partial charge in [-0.3, -0.25) is 0 Å². The highest BCUT2D eigenvalue weighted by Gasteiger charge is 2.10. The van der Waals surface area contributed by atoms with Crippen LogP contribution in [-0.2, 0) is 6.42 Å². The van der Waals surface area contributed by atoms with E-state index in [4.69, 9.17) is 21.1 Å². The SMILES string of the molecule is CN(CCCl)CCc1ccc2c(c1)OCCCO2. The summed E-state index contributed by atoms with van der Waals surface area (Å²) in [6.45, 7) is 3.41. The van der Waals surface area contributed by atoms with Crippen LogP contribution in [0.25, 0.3) is 0 Å². The third kappa shape index (κ3) is 3.79. The second-order valence-corrected chi connectivity index (χ2v) is 4.95. The van der Waals surface area contributed by atoms with E-state index in [1.54, 1.807) is 0 Å². The first-order valence-electron chi connectivity index (χ1n) is 6.42. The van der Waals surface area contributed by atoms with Gasteiger partial charge in [-0.25, -0.2) is 0 Å². The van der Waals surface area contributed by atoms with Crippen LogP contribution in [0.3, 0.4) is 0 Å². The molecule has 1 aromatic carbocycles. The lowest BCUT2D eigenvalue weighted by atomic mass is 10.1. The van der Waals surface area contributed by atoms with Gasteiger partial charge >= 0.3 is 0 Å². The second kappa shape index (κ2) is 6.86. The van der Waals surface area contributed by atoms with E-state index >= 15 is 0 Å². The van der Waals surface area contributed by atoms with Crippen LogP contribution in [0.5, 0.6) is 11.5 Å². The molecule has 0 N–H and O–H groups in total. The summed E-state index contributed by atoms with van der Waals surface area (Å²) in [7, 11) is 2.09. The van der Waals surface area contributed by atoms with Crippen LogP contribution < -0.4 is 9.47 Å². The molecule has 0 aliphatic carbocycles. The zero-order valence-corrected chi connectivity index (χ0v) is 11.6. The zero-order valence-electron chi connectivity index (χ0n) is 10.8. The van der Waals surface area contributed by atoms with Crippen molar-refractivity contribution in [2.75, 3.05) is 39.2 Å². The molecule has 0 radical (unpaired) electrons. The van der Waals surface area contributed by atoms with Crippen LogP contribution in [0.4, 0.5) is 0 Å². The number of halogens is 1. The van der Waals surface area contributed by atoms with Gasteiger partial charge < -0.3 is 14.4 Å². The molecule has 0 saturated heterocycles. The average Bonchev–Trinajstić information content (AvgIpc) is 2.61. The summed E-state index contributed by atoms with van der Waals surface area (Å²) < 4.78 is 11.3. The first-order chi connectivity index (χ1) is 8.79. The molecule has 1 aliphatic heterocycles. The van der Waals surface area contributed by atoms with Gasteiger partial charge in [0.15, 0.2) is 11.5 Å². The molecule has 0 atom stereocenters. The van der Waals surface area contributed by atoms with Gasteiger partial charge in [0.25, 0.3) is 0 Å². The molecule has 0 fully saturated rings. The van der Waals surface area contributed by atoms with Gasteiger partial charge in [0.05, 0.1) is 13.2 Å². The van der Waals surface area contributed by atoms with Crippen LogP contribution in [0, 0.1) is 0 Å². The minimum absolute atomic E-state index is 0.678. The van der Waals surface area contributed by atoms with Gasteiger partial charge in [0.2, 0.25) is 0 Å². The summed E-state index contributed by atoms with van der Waals surface area (Å²) in [5.74, 6) is 2.42. The van der Waals surface area contributed by atoms with E-state index in [0.29, 0.717) is 5.88 Å². The maximum absolute atomic E-state index is 5.71. The van der Waals surface area contributed by atoms with E-state index in [0.717, 1.165) is 50.6 Å². The van der Waals surface area contributed by atoms with E-state index in [9.17, 15) is 0 Å². The Labute approximate surface area is 114 Å². The Morgan fingerprint density at radius 3 is 2.72 bits per heavy atom. The van der Waals surface area contributed by atoms with Gasteiger partial charge in [-0.1, -0.05) is 6.07 Å². The Hall–Kier alpha value is -0.930. The molecule has 1 aliphatic rings. The zero-order chi connectivity index (χ0) is 12.8. The first kappa shape index (κ1) is 13.5. The highest BCUT2D eigenvalue weighted by Crippen LogP contribution is 2.30. The van der Waals surface area contributed by atoms with E-state index in [-0.39, 0.29) is 0 Å². The number of fused-ring (bicyclic) bond motifs is 1. The number of rotatable bonds is 5. The topological polar surface area (TPSA) is 21.7 Å². The van der Waals surface area contributed by atoms with Crippen molar-refractivity contribution in [2.24, 2.45) is 0 Å². The molecule has 1 aromatic rings. The largest absolute Gasteiger partial charge is 0.490 e. The molecule has 0 bridgehead atoms. The lowest BCUT2D eigenvalue weighted by Gasteiger charge is -2.15. The molecule has 2 rings (SSSR count). The summed E-state index contributed by atoms with van der Waals surface area (Å²) in [4.78, 5) is 2.23. The number of benzene rings is 1. The number of alkyl halides is 1. The van der Waals surface area contributed by atoms with Gasteiger partial charge in [-0.2, -0.15) is 0 Å². The predicted molar refractivity (Wildman–Crippen MR) is 74.0 cm³/mol. The van der Waals surface area contributed by atoms with Gasteiger partial charge in [-0.15, -0.1) is 11.6 Å². The Kier molecular flexibility index (Phi) is 5.14. The minimum atomic E-state index is 0.678. The Morgan fingerprint density at radius 1 is 1.17 bits per heavy atom. The van der Waals surface area contributed by atoms with Crippen molar-refractivity contribution in [3.8, 4) is 11.5 Å². The summed E-state index contributed by atoms with van der Waals surface area (Å²) in [5.41, 5.74) is 1.28. The summed E-state index contributed by atoms with van der Waals surface area (Å²) in [5, 5.41) is 0. The van der Waals surface area contributed by atoms with Crippen molar-refractivity contribution in [3.05, 3.63) is 23.8 Å². The van der Waals surface area contributed by atoms with Crippen molar-refractivity contribution in [1.29, 1.82) is 0 Å². The first-order valence-corrected chi connectivity index (χ1v) is 6.96. The monoisotopic (exact) mass is 269 g/mol. The summed E-state index contributed by atoms with van der Waals surface area (Å²) >= 11 is 5.71. The molecule has 0 unspecified atom stereocenters. The number of ether oxygens (including phenoxy) is 2. The third-order valence-corrected chi connectivity index (χ3v) is 3.23. The highest BCUT2D eigenvalue weighted by atomic mass is 35.5. The van der Waals surface area contributed by atoms with E-state index in [1.807, 2.05) is 6.07 Å². The second-order valence-electron chi connectivity index (χ2n) is 4.57. The van der Waals surface area contributed by atoms with Gasteiger partial charge in [0.1, 0.15) is 0 Å². The van der Waals surface area contributed by atoms with Gasteiger partial charge in [0, 0.05) is 25.4 Å². The maximum atomic E-state index is 5.71. The fraction of sp³-hybridized carbons (Fsp3) is 0.571. The van der Waals surface area contributed by atoms with Gasteiger partial charge in [-0.05, 0) is 31.2 Å². The van der Waals surface area contributed by atoms with E-state index in [1.165, 1.54) is 5.56 Å². The number of likely N-dealkylation sites (N-methyl/N-ethyl adjacent to an activating group) is 1. The third-order valence-electron chi connectivity index (χ3n) is 3.06. The van der Waals surface area contributed by atoms with Crippen molar-refractivity contribution < 1.29 is 9.47 Å².